The minimum atomic E-state index is -0.330. The number of thiophene rings is 1. The average molecular weight is 940 g/mol. The maximum atomic E-state index is 7.39. The third-order valence-corrected chi connectivity index (χ3v) is 16.8. The van der Waals surface area contributed by atoms with Crippen molar-refractivity contribution in [1.82, 2.24) is 4.57 Å². The maximum Gasteiger partial charge on any atom is 0.156 e. The van der Waals surface area contributed by atoms with Crippen molar-refractivity contribution in [2.45, 2.75) is 19.4 Å². The number of hydrogen-bond donors (Lipinski definition) is 0. The molecule has 4 aromatic heterocycles. The molecule has 11 aromatic carbocycles. The van der Waals surface area contributed by atoms with Crippen molar-refractivity contribution in [3.8, 4) is 5.69 Å². The van der Waals surface area contributed by atoms with Gasteiger partial charge in [0.25, 0.3) is 0 Å². The summed E-state index contributed by atoms with van der Waals surface area (Å²) in [5, 5.41) is 16.3. The second-order valence-corrected chi connectivity index (χ2v) is 20.4. The fraction of sp³-hybridized carbons (Fsp3) is 0.0606. The molecule has 2 atom stereocenters. The first-order valence-electron chi connectivity index (χ1n) is 24.9. The highest BCUT2D eigenvalue weighted by molar-refractivity contribution is 7.26. The van der Waals surface area contributed by atoms with E-state index in [1.807, 2.05) is 17.4 Å². The number of hydrogen-bond acceptors (Lipinski definition) is 5. The Hall–Kier alpha value is -8.84. The quantitative estimate of drug-likeness (QED) is 0.173. The summed E-state index contributed by atoms with van der Waals surface area (Å²) in [5.41, 5.74) is 10.8. The Bertz CT molecular complexity index is 4890. The Morgan fingerprint density at radius 1 is 0.486 bits per heavy atom. The van der Waals surface area contributed by atoms with Gasteiger partial charge in [-0.05, 0) is 75.8 Å². The van der Waals surface area contributed by atoms with Gasteiger partial charge in [0, 0.05) is 75.1 Å². The summed E-state index contributed by atoms with van der Waals surface area (Å²) in [5.74, 6) is 0.564. The van der Waals surface area contributed by atoms with Crippen molar-refractivity contribution in [2.75, 3.05) is 0 Å². The van der Waals surface area contributed by atoms with Crippen LogP contribution in [0.1, 0.15) is 36.1 Å². The van der Waals surface area contributed by atoms with Crippen LogP contribution in [0.15, 0.2) is 225 Å². The van der Waals surface area contributed by atoms with Gasteiger partial charge in [0.15, 0.2) is 5.84 Å². The smallest absolute Gasteiger partial charge is 0.156 e. The van der Waals surface area contributed by atoms with Crippen LogP contribution >= 0.6 is 11.3 Å². The van der Waals surface area contributed by atoms with Crippen molar-refractivity contribution in [3.63, 3.8) is 0 Å². The average Bonchev–Trinajstić information content (AvgIpc) is 4.21. The number of amidine groups is 1. The van der Waals surface area contributed by atoms with Gasteiger partial charge in [0.2, 0.25) is 0 Å². The molecule has 0 aliphatic carbocycles. The fourth-order valence-electron chi connectivity index (χ4n) is 12.4. The van der Waals surface area contributed by atoms with Crippen LogP contribution in [0.5, 0.6) is 0 Å². The molecule has 72 heavy (non-hydrogen) atoms. The topological polar surface area (TPSA) is 55.9 Å². The van der Waals surface area contributed by atoms with Crippen LogP contribution in [0.2, 0.25) is 0 Å². The summed E-state index contributed by atoms with van der Waals surface area (Å²) in [6, 6.07) is 74.2. The molecule has 1 aliphatic heterocycles. The number of fused-ring (bicyclic) bond motifs is 16. The van der Waals surface area contributed by atoms with Crippen LogP contribution < -0.4 is 0 Å². The predicted molar refractivity (Wildman–Crippen MR) is 303 cm³/mol. The number of aromatic nitrogens is 1. The minimum Gasteiger partial charge on any atom is -0.456 e. The van der Waals surface area contributed by atoms with E-state index in [9.17, 15) is 0 Å². The normalized spacial score (nSPS) is 15.5. The van der Waals surface area contributed by atoms with Gasteiger partial charge in [0.1, 0.15) is 22.3 Å². The number of para-hydroxylation sites is 3. The lowest BCUT2D eigenvalue weighted by atomic mass is 9.80. The molecule has 15 aromatic rings. The van der Waals surface area contributed by atoms with Crippen LogP contribution in [0, 0.1) is 5.92 Å². The molecule has 5 nitrogen and oxygen atoms in total. The van der Waals surface area contributed by atoms with Crippen LogP contribution in [0.25, 0.3) is 124 Å². The lowest BCUT2D eigenvalue weighted by Crippen LogP contribution is -2.28. The number of rotatable bonds is 5. The van der Waals surface area contributed by atoms with Gasteiger partial charge in [-0.15, -0.1) is 11.3 Å². The van der Waals surface area contributed by atoms with Gasteiger partial charge in [-0.25, -0.2) is 4.99 Å². The Kier molecular flexibility index (Phi) is 8.37. The molecule has 0 saturated carbocycles. The molecule has 0 N–H and O–H groups in total. The number of aliphatic imine (C=N–C) groups is 2. The molecule has 338 valence electrons. The van der Waals surface area contributed by atoms with E-state index in [1.165, 1.54) is 52.5 Å². The van der Waals surface area contributed by atoms with E-state index in [2.05, 4.69) is 212 Å². The van der Waals surface area contributed by atoms with E-state index in [4.69, 9.17) is 18.8 Å². The van der Waals surface area contributed by atoms with Gasteiger partial charge >= 0.3 is 0 Å². The molecule has 0 fully saturated rings. The zero-order valence-electron chi connectivity index (χ0n) is 39.1. The highest BCUT2D eigenvalue weighted by atomic mass is 32.1. The van der Waals surface area contributed by atoms with Crippen molar-refractivity contribution in [2.24, 2.45) is 15.9 Å². The fourth-order valence-corrected chi connectivity index (χ4v) is 13.6. The number of nitrogens with zero attached hydrogens (tertiary/aromatic N) is 3. The Labute approximate surface area is 416 Å². The summed E-state index contributed by atoms with van der Waals surface area (Å²) in [6.45, 7) is 2.28. The molecule has 0 bridgehead atoms. The van der Waals surface area contributed by atoms with Gasteiger partial charge < -0.3 is 13.4 Å². The largest absolute Gasteiger partial charge is 0.456 e. The molecule has 16 rings (SSSR count). The molecule has 6 heteroatoms. The maximum absolute atomic E-state index is 7.39. The van der Waals surface area contributed by atoms with E-state index < -0.39 is 0 Å². The van der Waals surface area contributed by atoms with E-state index in [0.29, 0.717) is 5.84 Å². The third kappa shape index (κ3) is 5.52. The molecule has 2 unspecified atom stereocenters. The summed E-state index contributed by atoms with van der Waals surface area (Å²) in [7, 11) is 0. The third-order valence-electron chi connectivity index (χ3n) is 15.6. The predicted octanol–water partition coefficient (Wildman–Crippen LogP) is 18.4. The minimum absolute atomic E-state index is 0.147. The second-order valence-electron chi connectivity index (χ2n) is 19.3. The first-order valence-corrected chi connectivity index (χ1v) is 25.7. The van der Waals surface area contributed by atoms with E-state index in [1.54, 1.807) is 0 Å². The van der Waals surface area contributed by atoms with Crippen LogP contribution in [0.3, 0.4) is 0 Å². The first kappa shape index (κ1) is 39.9. The van der Waals surface area contributed by atoms with Gasteiger partial charge in [-0.2, -0.15) is 0 Å². The summed E-state index contributed by atoms with van der Waals surface area (Å²) >= 11 is 1.81. The van der Waals surface area contributed by atoms with E-state index in [0.717, 1.165) is 100 Å². The molecule has 0 saturated heterocycles. The zero-order chi connectivity index (χ0) is 47.2. The van der Waals surface area contributed by atoms with Crippen molar-refractivity contribution in [3.05, 3.63) is 223 Å². The lowest BCUT2D eigenvalue weighted by Gasteiger charge is -2.31. The van der Waals surface area contributed by atoms with Gasteiger partial charge in [-0.3, -0.25) is 4.99 Å². The van der Waals surface area contributed by atoms with Gasteiger partial charge in [-0.1, -0.05) is 171 Å². The van der Waals surface area contributed by atoms with Crippen LogP contribution in [0.4, 0.5) is 0 Å². The second kappa shape index (κ2) is 15.1. The SMILES string of the molecule is CCC1C(c2c3ccccc3c(-n3c4cc5ccccc5cc4c4c5ccccc5ccc43)c3c2oc2ccccc23)=NC(c2cccc3c2sc2ccccc23)=NC1c1cccc2c1oc1ccccc12. The van der Waals surface area contributed by atoms with Gasteiger partial charge in [0.05, 0.1) is 33.9 Å². The molecular formula is C66H41N3O2S. The van der Waals surface area contributed by atoms with Crippen LogP contribution in [-0.4, -0.2) is 16.1 Å². The molecule has 1 aliphatic rings. The van der Waals surface area contributed by atoms with Crippen molar-refractivity contribution < 1.29 is 8.83 Å². The number of furan rings is 2. The summed E-state index contributed by atoms with van der Waals surface area (Å²) < 4.78 is 19.2. The molecule has 0 radical (unpaired) electrons. The highest BCUT2D eigenvalue weighted by Gasteiger charge is 2.37. The molecular weight excluding hydrogens is 899 g/mol. The summed E-state index contributed by atoms with van der Waals surface area (Å²) in [6.07, 6.45) is 0.773. The van der Waals surface area contributed by atoms with Crippen molar-refractivity contribution in [1.29, 1.82) is 0 Å². The molecule has 5 heterocycles. The lowest BCUT2D eigenvalue weighted by molar-refractivity contribution is 0.527. The zero-order valence-corrected chi connectivity index (χ0v) is 39.9. The van der Waals surface area contributed by atoms with Crippen LogP contribution in [-0.2, 0) is 0 Å². The monoisotopic (exact) mass is 939 g/mol. The standard InChI is InChI=1S/C66H41N3O2S/c1-2-40-60(49-28-15-26-46-42-21-9-12-30-54(42)70-63(46)49)67-66(50-29-16-27-47-43-22-11-14-32-56(43)72-65(47)50)68-61(40)58-44-23-7-8-24-45(44)62(59-48-25-10-13-31-55(48)71-64(58)59)69-52-34-33-37-17-5-6-20-41(37)57(52)51-35-38-18-3-4-19-39(38)36-53(51)69/h3-36,40,60H,2H2,1H3. The van der Waals surface area contributed by atoms with Crippen molar-refractivity contribution >= 4 is 141 Å². The Morgan fingerprint density at radius 2 is 1.12 bits per heavy atom. The first-order chi connectivity index (χ1) is 35.7. The Morgan fingerprint density at radius 3 is 1.96 bits per heavy atom. The molecule has 0 spiro atoms. The Balaban J connectivity index is 1.05. The molecule has 0 amide bonds. The van der Waals surface area contributed by atoms with E-state index >= 15 is 0 Å². The number of benzene rings is 11. The van der Waals surface area contributed by atoms with E-state index in [-0.39, 0.29) is 12.0 Å². The highest BCUT2D eigenvalue weighted by Crippen LogP contribution is 2.50. The summed E-state index contributed by atoms with van der Waals surface area (Å²) in [4.78, 5) is 11.7.